The predicted molar refractivity (Wildman–Crippen MR) is 45.8 cm³/mol. The molecule has 0 radical (unpaired) electrons. The van der Waals surface area contributed by atoms with Crippen molar-refractivity contribution in [1.29, 1.82) is 0 Å². The van der Waals surface area contributed by atoms with E-state index in [1.54, 1.807) is 0 Å². The maximum absolute atomic E-state index is 5.62. The molecular weight excluding hydrogens is 171 g/mol. The van der Waals surface area contributed by atoms with E-state index in [0.717, 1.165) is 19.4 Å². The zero-order valence-corrected chi connectivity index (χ0v) is 7.95. The van der Waals surface area contributed by atoms with Crippen molar-refractivity contribution < 1.29 is 4.74 Å². The highest BCUT2D eigenvalue weighted by atomic mass is 35.5. The van der Waals surface area contributed by atoms with Crippen LogP contribution in [0.2, 0.25) is 0 Å². The first-order chi connectivity index (χ1) is 4.72. The predicted octanol–water partition coefficient (Wildman–Crippen LogP) is 3.00. The smallest absolute Gasteiger partial charge is 0.133 e. The van der Waals surface area contributed by atoms with Gasteiger partial charge in [0.2, 0.25) is 0 Å². The quantitative estimate of drug-likeness (QED) is 0.598. The molecule has 0 fully saturated rings. The van der Waals surface area contributed by atoms with Gasteiger partial charge in [0.25, 0.3) is 0 Å². The molecule has 0 spiro atoms. The molecule has 0 saturated carbocycles. The van der Waals surface area contributed by atoms with E-state index in [4.69, 9.17) is 27.9 Å². The van der Waals surface area contributed by atoms with Crippen LogP contribution in [-0.4, -0.2) is 17.5 Å². The van der Waals surface area contributed by atoms with E-state index in [9.17, 15) is 0 Å². The largest absolute Gasteiger partial charge is 0.375 e. The summed E-state index contributed by atoms with van der Waals surface area (Å²) in [7, 11) is 0. The molecule has 0 amide bonds. The third-order valence-corrected chi connectivity index (χ3v) is 1.78. The minimum absolute atomic E-state index is 0.00304. The van der Waals surface area contributed by atoms with Crippen LogP contribution in [0.5, 0.6) is 0 Å². The van der Waals surface area contributed by atoms with E-state index in [0.29, 0.717) is 0 Å². The molecule has 1 nitrogen and oxygen atoms in total. The van der Waals surface area contributed by atoms with Gasteiger partial charge in [0.05, 0.1) is 6.10 Å². The van der Waals surface area contributed by atoms with Gasteiger partial charge in [-0.25, -0.2) is 0 Å². The van der Waals surface area contributed by atoms with E-state index < -0.39 is 4.84 Å². The van der Waals surface area contributed by atoms with Gasteiger partial charge in [-0.2, -0.15) is 0 Å². The summed E-state index contributed by atoms with van der Waals surface area (Å²) in [6.07, 6.45) is 1.89. The van der Waals surface area contributed by atoms with E-state index in [-0.39, 0.29) is 6.10 Å². The zero-order chi connectivity index (χ0) is 7.98. The molecule has 0 aliphatic rings. The van der Waals surface area contributed by atoms with Gasteiger partial charge in [0, 0.05) is 6.61 Å². The normalized spacial score (nSPS) is 14.1. The average molecular weight is 185 g/mol. The van der Waals surface area contributed by atoms with Gasteiger partial charge in [0.1, 0.15) is 4.84 Å². The third kappa shape index (κ3) is 4.37. The van der Waals surface area contributed by atoms with Crippen LogP contribution in [0.4, 0.5) is 0 Å². The number of ether oxygens (including phenoxy) is 1. The maximum Gasteiger partial charge on any atom is 0.133 e. The van der Waals surface area contributed by atoms with Gasteiger partial charge >= 0.3 is 0 Å². The molecule has 0 rings (SSSR count). The minimum atomic E-state index is -0.392. The van der Waals surface area contributed by atoms with E-state index >= 15 is 0 Å². The lowest BCUT2D eigenvalue weighted by atomic mass is 10.3. The summed E-state index contributed by atoms with van der Waals surface area (Å²) in [4.78, 5) is -0.392. The van der Waals surface area contributed by atoms with Crippen molar-refractivity contribution in [3.8, 4) is 0 Å². The number of hydrogen-bond acceptors (Lipinski definition) is 1. The summed E-state index contributed by atoms with van der Waals surface area (Å²) in [5.41, 5.74) is 0. The Hall–Kier alpha value is 0.540. The van der Waals surface area contributed by atoms with E-state index in [1.807, 2.05) is 6.92 Å². The molecule has 0 aliphatic carbocycles. The molecule has 0 aromatic carbocycles. The van der Waals surface area contributed by atoms with Crippen molar-refractivity contribution >= 4 is 23.2 Å². The second kappa shape index (κ2) is 6.26. The minimum Gasteiger partial charge on any atom is -0.375 e. The Labute approximate surface area is 72.6 Å². The first kappa shape index (κ1) is 10.5. The number of hydrogen-bond donors (Lipinski definition) is 0. The lowest BCUT2D eigenvalue weighted by Gasteiger charge is -2.15. The van der Waals surface area contributed by atoms with Crippen LogP contribution in [-0.2, 0) is 4.74 Å². The van der Waals surface area contributed by atoms with Crippen LogP contribution in [0.3, 0.4) is 0 Å². The topological polar surface area (TPSA) is 9.23 Å². The molecule has 3 heteroatoms. The van der Waals surface area contributed by atoms with Gasteiger partial charge in [-0.1, -0.05) is 13.8 Å². The number of halogens is 2. The molecule has 0 bridgehead atoms. The SMILES string of the molecule is CCCOC(CC)C(Cl)Cl. The number of alkyl halides is 2. The van der Waals surface area contributed by atoms with E-state index in [2.05, 4.69) is 6.92 Å². The Bertz CT molecular complexity index is 76.0. The van der Waals surface area contributed by atoms with E-state index in [1.165, 1.54) is 0 Å². The average Bonchev–Trinajstić information content (AvgIpc) is 1.89. The summed E-state index contributed by atoms with van der Waals surface area (Å²) in [6.45, 7) is 4.82. The van der Waals surface area contributed by atoms with Crippen LogP contribution in [0, 0.1) is 0 Å². The molecule has 0 aromatic rings. The Morgan fingerprint density at radius 1 is 1.30 bits per heavy atom. The van der Waals surface area contributed by atoms with Crippen LogP contribution < -0.4 is 0 Å². The molecule has 0 N–H and O–H groups in total. The second-order valence-corrected chi connectivity index (χ2v) is 3.32. The Morgan fingerprint density at radius 2 is 1.90 bits per heavy atom. The molecular formula is C7H14Cl2O. The maximum atomic E-state index is 5.62. The fourth-order valence-corrected chi connectivity index (χ4v) is 1.14. The van der Waals surface area contributed by atoms with Crippen LogP contribution in [0.25, 0.3) is 0 Å². The lowest BCUT2D eigenvalue weighted by molar-refractivity contribution is 0.0603. The highest BCUT2D eigenvalue weighted by molar-refractivity contribution is 6.44. The molecule has 0 saturated heterocycles. The van der Waals surface area contributed by atoms with Gasteiger partial charge in [-0.3, -0.25) is 0 Å². The monoisotopic (exact) mass is 184 g/mol. The van der Waals surface area contributed by atoms with Gasteiger partial charge in [-0.05, 0) is 12.8 Å². The van der Waals surface area contributed by atoms with Crippen molar-refractivity contribution in [1.82, 2.24) is 0 Å². The van der Waals surface area contributed by atoms with Crippen molar-refractivity contribution in [3.63, 3.8) is 0 Å². The Kier molecular flexibility index (Phi) is 6.60. The second-order valence-electron chi connectivity index (χ2n) is 2.15. The molecule has 0 heterocycles. The Balaban J connectivity index is 3.40. The van der Waals surface area contributed by atoms with Crippen molar-refractivity contribution in [2.45, 2.75) is 37.6 Å². The summed E-state index contributed by atoms with van der Waals surface area (Å²) in [6, 6.07) is 0. The van der Waals surface area contributed by atoms with Crippen LogP contribution in [0.15, 0.2) is 0 Å². The van der Waals surface area contributed by atoms with Crippen molar-refractivity contribution in [3.05, 3.63) is 0 Å². The summed E-state index contributed by atoms with van der Waals surface area (Å²) in [5, 5.41) is 0. The van der Waals surface area contributed by atoms with Crippen molar-refractivity contribution in [2.24, 2.45) is 0 Å². The fraction of sp³-hybridized carbons (Fsp3) is 1.00. The fourth-order valence-electron chi connectivity index (χ4n) is 0.638. The standard InChI is InChI=1S/C7H14Cl2O/c1-3-5-10-6(4-2)7(8)9/h6-7H,3-5H2,1-2H3. The molecule has 10 heavy (non-hydrogen) atoms. The molecule has 0 aromatic heterocycles. The highest BCUT2D eigenvalue weighted by Crippen LogP contribution is 2.14. The van der Waals surface area contributed by atoms with Gasteiger partial charge in [0.15, 0.2) is 0 Å². The molecule has 62 valence electrons. The first-order valence-corrected chi connectivity index (χ1v) is 4.49. The highest BCUT2D eigenvalue weighted by Gasteiger charge is 2.13. The van der Waals surface area contributed by atoms with Gasteiger partial charge in [-0.15, -0.1) is 23.2 Å². The van der Waals surface area contributed by atoms with Crippen LogP contribution in [0.1, 0.15) is 26.7 Å². The molecule has 1 atom stereocenters. The zero-order valence-electron chi connectivity index (χ0n) is 6.44. The summed E-state index contributed by atoms with van der Waals surface area (Å²) < 4.78 is 5.34. The summed E-state index contributed by atoms with van der Waals surface area (Å²) in [5.74, 6) is 0. The molecule has 0 aliphatic heterocycles. The summed E-state index contributed by atoms with van der Waals surface area (Å²) >= 11 is 11.2. The molecule has 1 unspecified atom stereocenters. The third-order valence-electron chi connectivity index (χ3n) is 1.22. The van der Waals surface area contributed by atoms with Gasteiger partial charge < -0.3 is 4.74 Å². The number of rotatable bonds is 5. The lowest BCUT2D eigenvalue weighted by Crippen LogP contribution is -2.19. The Morgan fingerprint density at radius 3 is 2.20 bits per heavy atom. The van der Waals surface area contributed by atoms with Crippen molar-refractivity contribution in [2.75, 3.05) is 6.61 Å². The van der Waals surface area contributed by atoms with Crippen LogP contribution >= 0.6 is 23.2 Å². The first-order valence-electron chi connectivity index (χ1n) is 3.62.